The number of benzene rings is 1. The van der Waals surface area contributed by atoms with Crippen molar-refractivity contribution in [2.45, 2.75) is 19.4 Å². The van der Waals surface area contributed by atoms with E-state index in [9.17, 15) is 4.79 Å². The molecule has 0 radical (unpaired) electrons. The summed E-state index contributed by atoms with van der Waals surface area (Å²) >= 11 is 3.43. The van der Waals surface area contributed by atoms with Crippen LogP contribution in [0.3, 0.4) is 0 Å². The Labute approximate surface area is 128 Å². The number of rotatable bonds is 5. The fraction of sp³-hybridized carbons (Fsp3) is 0.533. The van der Waals surface area contributed by atoms with Crippen molar-refractivity contribution in [2.75, 3.05) is 26.7 Å². The van der Waals surface area contributed by atoms with Crippen LogP contribution < -0.4 is 10.1 Å². The van der Waals surface area contributed by atoms with Gasteiger partial charge in [-0.15, -0.1) is 0 Å². The molecule has 0 saturated carbocycles. The van der Waals surface area contributed by atoms with Crippen LogP contribution in [0.15, 0.2) is 28.7 Å². The van der Waals surface area contributed by atoms with E-state index in [1.165, 1.54) is 0 Å². The number of nitrogens with one attached hydrogen (secondary N) is 1. The third-order valence-corrected chi connectivity index (χ3v) is 4.23. The van der Waals surface area contributed by atoms with Crippen molar-refractivity contribution in [1.82, 2.24) is 10.2 Å². The van der Waals surface area contributed by atoms with Gasteiger partial charge in [-0.05, 0) is 60.9 Å². The van der Waals surface area contributed by atoms with Gasteiger partial charge in [0.05, 0.1) is 4.47 Å². The zero-order valence-corrected chi connectivity index (χ0v) is 13.5. The molecule has 2 atom stereocenters. The highest BCUT2D eigenvalue weighted by Gasteiger charge is 2.29. The lowest BCUT2D eigenvalue weighted by Crippen LogP contribution is -2.39. The molecule has 0 bridgehead atoms. The van der Waals surface area contributed by atoms with Gasteiger partial charge in [-0.3, -0.25) is 4.79 Å². The van der Waals surface area contributed by atoms with E-state index in [0.717, 1.165) is 30.5 Å². The van der Waals surface area contributed by atoms with E-state index in [-0.39, 0.29) is 5.91 Å². The Bertz CT molecular complexity index is 467. The number of hydrogen-bond acceptors (Lipinski definition) is 3. The predicted molar refractivity (Wildman–Crippen MR) is 82.8 cm³/mol. The van der Waals surface area contributed by atoms with Crippen molar-refractivity contribution in [1.29, 1.82) is 0 Å². The number of nitrogens with zero attached hydrogens (tertiary/aromatic N) is 1. The Morgan fingerprint density at radius 3 is 3.00 bits per heavy atom. The van der Waals surface area contributed by atoms with Crippen LogP contribution in [0, 0.1) is 5.92 Å². The fourth-order valence-corrected chi connectivity index (χ4v) is 2.90. The molecule has 1 aromatic carbocycles. The molecule has 1 amide bonds. The van der Waals surface area contributed by atoms with Crippen molar-refractivity contribution in [2.24, 2.45) is 5.92 Å². The Morgan fingerprint density at radius 1 is 1.55 bits per heavy atom. The molecule has 0 spiro atoms. The fourth-order valence-electron chi connectivity index (χ4n) is 2.53. The Morgan fingerprint density at radius 2 is 2.30 bits per heavy atom. The summed E-state index contributed by atoms with van der Waals surface area (Å²) in [5, 5.41) is 3.17. The maximum Gasteiger partial charge on any atom is 0.263 e. The van der Waals surface area contributed by atoms with E-state index in [0.29, 0.717) is 11.7 Å². The maximum absolute atomic E-state index is 12.4. The standard InChI is InChI=1S/C15H21BrN2O2/c1-11(20-14-6-4-3-5-13(14)16)15(19)18-8-7-12(10-18)9-17-2/h3-6,11-12,17H,7-10H2,1-2H3/t11-,12+/m1/s1. The van der Waals surface area contributed by atoms with E-state index in [1.54, 1.807) is 0 Å². The SMILES string of the molecule is CNC[C@@H]1CCN(C(=O)[C@@H](C)Oc2ccccc2Br)C1. The highest BCUT2D eigenvalue weighted by atomic mass is 79.9. The molecule has 2 rings (SSSR count). The topological polar surface area (TPSA) is 41.6 Å². The molecule has 0 unspecified atom stereocenters. The van der Waals surface area contributed by atoms with E-state index >= 15 is 0 Å². The minimum Gasteiger partial charge on any atom is -0.480 e. The van der Waals surface area contributed by atoms with Gasteiger partial charge in [0, 0.05) is 13.1 Å². The maximum atomic E-state index is 12.4. The molecule has 1 saturated heterocycles. The summed E-state index contributed by atoms with van der Waals surface area (Å²) in [5.74, 6) is 1.33. The van der Waals surface area contributed by atoms with E-state index in [1.807, 2.05) is 43.1 Å². The molecule has 1 heterocycles. The van der Waals surface area contributed by atoms with E-state index in [4.69, 9.17) is 4.74 Å². The molecule has 1 aromatic rings. The largest absolute Gasteiger partial charge is 0.480 e. The van der Waals surface area contributed by atoms with Gasteiger partial charge in [0.25, 0.3) is 5.91 Å². The van der Waals surface area contributed by atoms with Crippen LogP contribution in [-0.4, -0.2) is 43.6 Å². The van der Waals surface area contributed by atoms with Gasteiger partial charge in [0.2, 0.25) is 0 Å². The summed E-state index contributed by atoms with van der Waals surface area (Å²) in [6, 6.07) is 7.59. The molecule has 1 N–H and O–H groups in total. The number of halogens is 1. The molecule has 1 aliphatic rings. The molecule has 1 aliphatic heterocycles. The smallest absolute Gasteiger partial charge is 0.263 e. The summed E-state index contributed by atoms with van der Waals surface area (Å²) < 4.78 is 6.63. The lowest BCUT2D eigenvalue weighted by molar-refractivity contribution is -0.137. The van der Waals surface area contributed by atoms with Crippen molar-refractivity contribution >= 4 is 21.8 Å². The third-order valence-electron chi connectivity index (χ3n) is 3.58. The number of ether oxygens (including phenoxy) is 1. The lowest BCUT2D eigenvalue weighted by atomic mass is 10.1. The first-order valence-electron chi connectivity index (χ1n) is 6.96. The van der Waals surface area contributed by atoms with Crippen LogP contribution in [0.2, 0.25) is 0 Å². The van der Waals surface area contributed by atoms with Crippen molar-refractivity contribution < 1.29 is 9.53 Å². The second-order valence-corrected chi connectivity index (χ2v) is 6.04. The molecule has 20 heavy (non-hydrogen) atoms. The lowest BCUT2D eigenvalue weighted by Gasteiger charge is -2.22. The molecular weight excluding hydrogens is 320 g/mol. The quantitative estimate of drug-likeness (QED) is 0.894. The van der Waals surface area contributed by atoms with E-state index < -0.39 is 6.10 Å². The zero-order chi connectivity index (χ0) is 14.5. The Hall–Kier alpha value is -1.07. The van der Waals surface area contributed by atoms with Gasteiger partial charge in [0.15, 0.2) is 6.10 Å². The normalized spacial score (nSPS) is 19.9. The van der Waals surface area contributed by atoms with Crippen molar-refractivity contribution in [3.05, 3.63) is 28.7 Å². The molecular formula is C15H21BrN2O2. The monoisotopic (exact) mass is 340 g/mol. The van der Waals surface area contributed by atoms with Gasteiger partial charge in [-0.1, -0.05) is 12.1 Å². The summed E-state index contributed by atoms with van der Waals surface area (Å²) in [6.45, 7) is 4.43. The first kappa shape index (κ1) is 15.3. The highest BCUT2D eigenvalue weighted by molar-refractivity contribution is 9.10. The van der Waals surface area contributed by atoms with Crippen LogP contribution >= 0.6 is 15.9 Å². The van der Waals surface area contributed by atoms with Gasteiger partial charge in [-0.2, -0.15) is 0 Å². The average molecular weight is 341 g/mol. The second kappa shape index (κ2) is 7.09. The number of carbonyl (C=O) groups excluding carboxylic acids is 1. The summed E-state index contributed by atoms with van der Waals surface area (Å²) in [7, 11) is 1.95. The van der Waals surface area contributed by atoms with Gasteiger partial charge in [0.1, 0.15) is 5.75 Å². The number of para-hydroxylation sites is 1. The molecule has 5 heteroatoms. The average Bonchev–Trinajstić information content (AvgIpc) is 2.89. The Balaban J connectivity index is 1.91. The number of hydrogen-bond donors (Lipinski definition) is 1. The minimum atomic E-state index is -0.456. The van der Waals surface area contributed by atoms with Gasteiger partial charge >= 0.3 is 0 Å². The number of likely N-dealkylation sites (tertiary alicyclic amines) is 1. The van der Waals surface area contributed by atoms with Crippen molar-refractivity contribution in [3.8, 4) is 5.75 Å². The Kier molecular flexibility index (Phi) is 5.43. The summed E-state index contributed by atoms with van der Waals surface area (Å²) in [4.78, 5) is 14.3. The van der Waals surface area contributed by atoms with Crippen LogP contribution in [0.25, 0.3) is 0 Å². The molecule has 4 nitrogen and oxygen atoms in total. The van der Waals surface area contributed by atoms with Crippen LogP contribution in [0.5, 0.6) is 5.75 Å². The van der Waals surface area contributed by atoms with Crippen LogP contribution in [-0.2, 0) is 4.79 Å². The molecule has 1 fully saturated rings. The first-order chi connectivity index (χ1) is 9.61. The summed E-state index contributed by atoms with van der Waals surface area (Å²) in [6.07, 6.45) is 0.607. The van der Waals surface area contributed by atoms with Crippen LogP contribution in [0.1, 0.15) is 13.3 Å². The van der Waals surface area contributed by atoms with Crippen molar-refractivity contribution in [3.63, 3.8) is 0 Å². The summed E-state index contributed by atoms with van der Waals surface area (Å²) in [5.41, 5.74) is 0. The minimum absolute atomic E-state index is 0.0688. The second-order valence-electron chi connectivity index (χ2n) is 5.19. The molecule has 110 valence electrons. The van der Waals surface area contributed by atoms with Gasteiger partial charge in [-0.25, -0.2) is 0 Å². The molecule has 0 aromatic heterocycles. The number of carbonyl (C=O) groups is 1. The first-order valence-corrected chi connectivity index (χ1v) is 7.75. The van der Waals surface area contributed by atoms with E-state index in [2.05, 4.69) is 21.2 Å². The van der Waals surface area contributed by atoms with Crippen LogP contribution in [0.4, 0.5) is 0 Å². The zero-order valence-electron chi connectivity index (χ0n) is 11.9. The van der Waals surface area contributed by atoms with Gasteiger partial charge < -0.3 is 15.0 Å². The molecule has 0 aliphatic carbocycles. The highest BCUT2D eigenvalue weighted by Crippen LogP contribution is 2.25. The third kappa shape index (κ3) is 3.73. The number of amides is 1. The predicted octanol–water partition coefficient (Wildman–Crippen LogP) is 2.28.